The average Bonchev–Trinajstić information content (AvgIpc) is 2.20. The zero-order chi connectivity index (χ0) is 12.0. The van der Waals surface area contributed by atoms with E-state index in [1.54, 1.807) is 0 Å². The topological polar surface area (TPSA) is 12.0 Å². The summed E-state index contributed by atoms with van der Waals surface area (Å²) in [5.41, 5.74) is 2.41. The number of anilines is 1. The molecule has 1 N–H and O–H groups in total. The van der Waals surface area contributed by atoms with E-state index in [-0.39, 0.29) is 0 Å². The van der Waals surface area contributed by atoms with Crippen LogP contribution in [-0.2, 0) is 0 Å². The molecule has 90 valence electrons. The molecule has 1 aromatic carbocycles. The Morgan fingerprint density at radius 3 is 2.44 bits per heavy atom. The highest BCUT2D eigenvalue weighted by Crippen LogP contribution is 2.32. The Kier molecular flexibility index (Phi) is 6.85. The molecule has 16 heavy (non-hydrogen) atoms. The second kappa shape index (κ2) is 7.62. The Labute approximate surface area is 119 Å². The van der Waals surface area contributed by atoms with Crippen LogP contribution in [0.1, 0.15) is 18.9 Å². The van der Waals surface area contributed by atoms with Crippen molar-refractivity contribution in [3.63, 3.8) is 0 Å². The van der Waals surface area contributed by atoms with Crippen molar-refractivity contribution in [3.05, 3.63) is 26.6 Å². The van der Waals surface area contributed by atoms with Crippen LogP contribution in [0.4, 0.5) is 5.69 Å². The van der Waals surface area contributed by atoms with Gasteiger partial charge in [0.15, 0.2) is 0 Å². The minimum Gasteiger partial charge on any atom is -0.383 e. The number of halogens is 2. The van der Waals surface area contributed by atoms with E-state index in [9.17, 15) is 0 Å². The van der Waals surface area contributed by atoms with Gasteiger partial charge in [0.05, 0.1) is 5.69 Å². The largest absolute Gasteiger partial charge is 0.383 e. The highest BCUT2D eigenvalue weighted by atomic mass is 79.9. The van der Waals surface area contributed by atoms with Crippen molar-refractivity contribution in [1.29, 1.82) is 0 Å². The maximum atomic E-state index is 3.58. The molecule has 0 unspecified atom stereocenters. The minimum absolute atomic E-state index is 1.02. The van der Waals surface area contributed by atoms with Crippen molar-refractivity contribution in [3.8, 4) is 0 Å². The molecule has 0 amide bonds. The van der Waals surface area contributed by atoms with Crippen molar-refractivity contribution in [1.82, 2.24) is 0 Å². The molecule has 4 heteroatoms. The molecule has 0 aliphatic carbocycles. The summed E-state index contributed by atoms with van der Waals surface area (Å²) in [4.78, 5) is 0. The monoisotopic (exact) mass is 365 g/mol. The SMILES string of the molecule is CCSCCCNc1c(Br)cc(C)cc1Br. The van der Waals surface area contributed by atoms with Crippen LogP contribution in [0.15, 0.2) is 21.1 Å². The summed E-state index contributed by atoms with van der Waals surface area (Å²) < 4.78 is 2.25. The van der Waals surface area contributed by atoms with E-state index < -0.39 is 0 Å². The van der Waals surface area contributed by atoms with Gasteiger partial charge in [-0.15, -0.1) is 0 Å². The summed E-state index contributed by atoms with van der Waals surface area (Å²) in [6, 6.07) is 4.27. The van der Waals surface area contributed by atoms with E-state index in [0.717, 1.165) is 21.2 Å². The van der Waals surface area contributed by atoms with Gasteiger partial charge < -0.3 is 5.32 Å². The predicted octanol–water partition coefficient (Wildman–Crippen LogP) is 5.08. The Morgan fingerprint density at radius 1 is 1.25 bits per heavy atom. The van der Waals surface area contributed by atoms with Gasteiger partial charge in [0.2, 0.25) is 0 Å². The third kappa shape index (κ3) is 4.68. The zero-order valence-electron chi connectivity index (χ0n) is 9.65. The maximum Gasteiger partial charge on any atom is 0.0629 e. The number of thioether (sulfide) groups is 1. The van der Waals surface area contributed by atoms with Gasteiger partial charge in [-0.25, -0.2) is 0 Å². The molecule has 0 spiro atoms. The molecule has 0 heterocycles. The molecule has 0 radical (unpaired) electrons. The van der Waals surface area contributed by atoms with Crippen molar-refractivity contribution in [2.75, 3.05) is 23.4 Å². The average molecular weight is 367 g/mol. The second-order valence-electron chi connectivity index (χ2n) is 3.58. The fraction of sp³-hybridized carbons (Fsp3) is 0.500. The van der Waals surface area contributed by atoms with E-state index in [2.05, 4.69) is 63.2 Å². The summed E-state index contributed by atoms with van der Waals surface area (Å²) in [5.74, 6) is 2.43. The van der Waals surface area contributed by atoms with Gasteiger partial charge >= 0.3 is 0 Å². The minimum atomic E-state index is 1.02. The number of aryl methyl sites for hydroxylation is 1. The molecule has 1 nitrogen and oxygen atoms in total. The smallest absolute Gasteiger partial charge is 0.0629 e. The van der Waals surface area contributed by atoms with Gasteiger partial charge in [-0.3, -0.25) is 0 Å². The molecule has 1 aromatic rings. The first-order chi connectivity index (χ1) is 7.65. The van der Waals surface area contributed by atoms with Gasteiger partial charge in [0, 0.05) is 15.5 Å². The van der Waals surface area contributed by atoms with Gasteiger partial charge in [-0.2, -0.15) is 11.8 Å². The van der Waals surface area contributed by atoms with Crippen LogP contribution in [0.5, 0.6) is 0 Å². The summed E-state index contributed by atoms with van der Waals surface area (Å²) >= 11 is 9.16. The van der Waals surface area contributed by atoms with Crippen molar-refractivity contribution in [2.45, 2.75) is 20.3 Å². The van der Waals surface area contributed by atoms with E-state index in [0.29, 0.717) is 0 Å². The highest BCUT2D eigenvalue weighted by Gasteiger charge is 2.04. The summed E-state index contributed by atoms with van der Waals surface area (Å²) in [6.45, 7) is 5.32. The molecule has 0 atom stereocenters. The van der Waals surface area contributed by atoms with Crippen LogP contribution in [0.3, 0.4) is 0 Å². The molecule has 0 bridgehead atoms. The molecule has 0 saturated heterocycles. The molecule has 0 aromatic heterocycles. The first-order valence-corrected chi connectivity index (χ1v) is 8.16. The lowest BCUT2D eigenvalue weighted by atomic mass is 10.2. The fourth-order valence-electron chi connectivity index (χ4n) is 1.40. The van der Waals surface area contributed by atoms with Gasteiger partial charge in [0.1, 0.15) is 0 Å². The summed E-state index contributed by atoms with van der Waals surface area (Å²) in [5, 5.41) is 3.46. The molecule has 1 rings (SSSR count). The molecular formula is C12H17Br2NS. The summed E-state index contributed by atoms with van der Waals surface area (Å²) in [6.07, 6.45) is 1.20. The quantitative estimate of drug-likeness (QED) is 0.705. The fourth-order valence-corrected chi connectivity index (χ4v) is 3.73. The number of hydrogen-bond acceptors (Lipinski definition) is 2. The normalized spacial score (nSPS) is 10.5. The van der Waals surface area contributed by atoms with E-state index >= 15 is 0 Å². The van der Waals surface area contributed by atoms with Crippen LogP contribution in [-0.4, -0.2) is 18.1 Å². The molecule has 0 saturated carbocycles. The molecule has 0 aliphatic heterocycles. The lowest BCUT2D eigenvalue weighted by Gasteiger charge is -2.11. The number of rotatable bonds is 6. The molecule has 0 fully saturated rings. The first-order valence-electron chi connectivity index (χ1n) is 5.42. The van der Waals surface area contributed by atoms with Gasteiger partial charge in [-0.1, -0.05) is 6.92 Å². The Hall–Kier alpha value is 0.330. The maximum absolute atomic E-state index is 3.58. The van der Waals surface area contributed by atoms with Crippen LogP contribution < -0.4 is 5.32 Å². The Balaban J connectivity index is 2.47. The number of nitrogens with one attached hydrogen (secondary N) is 1. The van der Waals surface area contributed by atoms with E-state index in [1.165, 1.54) is 23.5 Å². The van der Waals surface area contributed by atoms with Crippen LogP contribution >= 0.6 is 43.6 Å². The standard InChI is InChI=1S/C12H17Br2NS/c1-3-16-6-4-5-15-12-10(13)7-9(2)8-11(12)14/h7-8,15H,3-6H2,1-2H3. The van der Waals surface area contributed by atoms with Gasteiger partial charge in [-0.05, 0) is 74.4 Å². The second-order valence-corrected chi connectivity index (χ2v) is 6.68. The van der Waals surface area contributed by atoms with E-state index in [4.69, 9.17) is 0 Å². The predicted molar refractivity (Wildman–Crippen MR) is 82.7 cm³/mol. The van der Waals surface area contributed by atoms with E-state index in [1.807, 2.05) is 11.8 Å². The third-order valence-corrected chi connectivity index (χ3v) is 4.39. The van der Waals surface area contributed by atoms with Gasteiger partial charge in [0.25, 0.3) is 0 Å². The number of benzene rings is 1. The summed E-state index contributed by atoms with van der Waals surface area (Å²) in [7, 11) is 0. The lowest BCUT2D eigenvalue weighted by molar-refractivity contribution is 0.989. The number of hydrogen-bond donors (Lipinski definition) is 1. The van der Waals surface area contributed by atoms with Crippen molar-refractivity contribution >= 4 is 49.3 Å². The Morgan fingerprint density at radius 2 is 1.88 bits per heavy atom. The van der Waals surface area contributed by atoms with Crippen LogP contribution in [0.25, 0.3) is 0 Å². The third-order valence-electron chi connectivity index (χ3n) is 2.16. The highest BCUT2D eigenvalue weighted by molar-refractivity contribution is 9.11. The molecular weight excluding hydrogens is 350 g/mol. The Bertz CT molecular complexity index is 319. The first kappa shape index (κ1) is 14.4. The van der Waals surface area contributed by atoms with Crippen molar-refractivity contribution < 1.29 is 0 Å². The van der Waals surface area contributed by atoms with Crippen LogP contribution in [0.2, 0.25) is 0 Å². The zero-order valence-corrected chi connectivity index (χ0v) is 13.6. The van der Waals surface area contributed by atoms with Crippen molar-refractivity contribution in [2.24, 2.45) is 0 Å². The van der Waals surface area contributed by atoms with Crippen LogP contribution in [0, 0.1) is 6.92 Å². The molecule has 0 aliphatic rings. The lowest BCUT2D eigenvalue weighted by Crippen LogP contribution is -2.04.